The predicted molar refractivity (Wildman–Crippen MR) is 113 cm³/mol. The van der Waals surface area contributed by atoms with Crippen molar-refractivity contribution in [3.8, 4) is 0 Å². The van der Waals surface area contributed by atoms with Crippen molar-refractivity contribution in [1.29, 1.82) is 0 Å². The fourth-order valence-electron chi connectivity index (χ4n) is 3.46. The molecule has 2 aromatic carbocycles. The molecule has 0 amide bonds. The number of nitrogens with zero attached hydrogens (tertiary/aromatic N) is 2. The molecule has 2 atom stereocenters. The summed E-state index contributed by atoms with van der Waals surface area (Å²) in [4.78, 5) is 23.4. The van der Waals surface area contributed by atoms with Crippen LogP contribution >= 0.6 is 0 Å². The molecule has 0 fully saturated rings. The van der Waals surface area contributed by atoms with Crippen LogP contribution < -0.4 is 5.56 Å². The molecule has 1 aromatic heterocycles. The highest BCUT2D eigenvalue weighted by atomic mass is 32.2. The third-order valence-electron chi connectivity index (χ3n) is 5.08. The third-order valence-corrected chi connectivity index (χ3v) is 6.21. The highest BCUT2D eigenvalue weighted by Crippen LogP contribution is 2.36. The van der Waals surface area contributed by atoms with Crippen molar-refractivity contribution < 1.29 is 17.2 Å². The van der Waals surface area contributed by atoms with E-state index in [2.05, 4.69) is 5.18 Å². The van der Waals surface area contributed by atoms with E-state index >= 15 is 0 Å². The van der Waals surface area contributed by atoms with Gasteiger partial charge in [-0.05, 0) is 53.4 Å². The lowest BCUT2D eigenvalue weighted by Crippen LogP contribution is -2.16. The first-order chi connectivity index (χ1) is 14.6. The van der Waals surface area contributed by atoms with Crippen LogP contribution in [0.15, 0.2) is 75.7 Å². The van der Waals surface area contributed by atoms with Crippen LogP contribution in [0.5, 0.6) is 0 Å². The molecule has 0 bridgehead atoms. The number of hydrogen-bond donors (Lipinski definition) is 0. The van der Waals surface area contributed by atoms with Gasteiger partial charge in [0.05, 0.1) is 4.90 Å². The molecule has 0 saturated carbocycles. The lowest BCUT2D eigenvalue weighted by atomic mass is 9.84. The highest BCUT2D eigenvalue weighted by molar-refractivity contribution is 7.90. The molecule has 6 nitrogen and oxygen atoms in total. The second-order valence-corrected chi connectivity index (χ2v) is 9.38. The second-order valence-electron chi connectivity index (χ2n) is 7.37. The van der Waals surface area contributed by atoms with Crippen molar-refractivity contribution in [3.05, 3.63) is 104 Å². The molecule has 0 aliphatic carbocycles. The minimum absolute atomic E-state index is 0.0584. The smallest absolute Gasteiger partial charge is 0.250 e. The van der Waals surface area contributed by atoms with E-state index in [0.29, 0.717) is 11.1 Å². The molecule has 1 heterocycles. The average molecular weight is 446 g/mol. The maximum atomic E-state index is 13.9. The molecule has 0 N–H and O–H groups in total. The Bertz CT molecular complexity index is 1250. The van der Waals surface area contributed by atoms with Crippen molar-refractivity contribution in [2.75, 3.05) is 6.26 Å². The van der Waals surface area contributed by atoms with E-state index in [0.717, 1.165) is 12.3 Å². The Morgan fingerprint density at radius 3 is 2.03 bits per heavy atom. The van der Waals surface area contributed by atoms with Crippen molar-refractivity contribution in [2.24, 2.45) is 12.2 Å². The van der Waals surface area contributed by atoms with Gasteiger partial charge in [-0.3, -0.25) is 4.79 Å². The summed E-state index contributed by atoms with van der Waals surface area (Å²) in [5.74, 6) is -2.20. The average Bonchev–Trinajstić information content (AvgIpc) is 2.70. The first-order valence-electron chi connectivity index (χ1n) is 9.33. The zero-order valence-corrected chi connectivity index (χ0v) is 17.6. The quantitative estimate of drug-likeness (QED) is 0.512. The van der Waals surface area contributed by atoms with Gasteiger partial charge in [0, 0.05) is 37.6 Å². The molecule has 31 heavy (non-hydrogen) atoms. The van der Waals surface area contributed by atoms with Crippen LogP contribution in [0.25, 0.3) is 0 Å². The summed E-state index contributed by atoms with van der Waals surface area (Å²) in [7, 11) is -1.89. The minimum atomic E-state index is -3.42. The Balaban J connectivity index is 2.07. The van der Waals surface area contributed by atoms with Gasteiger partial charge >= 0.3 is 0 Å². The molecule has 0 saturated heterocycles. The summed E-state index contributed by atoms with van der Waals surface area (Å²) in [6, 6.07) is 10.9. The molecule has 2 unspecified atom stereocenters. The number of hydrogen-bond acceptors (Lipinski definition) is 5. The standard InChI is InChI=1S/C22H20F2N2O4S/c1-26-13-15(5-8-22(26)27)21(25-28)12-20(16-9-17(23)11-18(24)10-16)14-3-6-19(7-4-14)31(2,29)30/h3-11,13,20-21H,12H2,1-2H3. The Morgan fingerprint density at radius 2 is 1.52 bits per heavy atom. The summed E-state index contributed by atoms with van der Waals surface area (Å²) in [6.07, 6.45) is 2.63. The Morgan fingerprint density at radius 1 is 0.935 bits per heavy atom. The number of aromatic nitrogens is 1. The number of aryl methyl sites for hydroxylation is 1. The molecule has 3 rings (SSSR count). The van der Waals surface area contributed by atoms with Crippen molar-refractivity contribution >= 4 is 9.84 Å². The molecular weight excluding hydrogens is 426 g/mol. The second kappa shape index (κ2) is 8.89. The van der Waals surface area contributed by atoms with E-state index in [1.807, 2.05) is 0 Å². The SMILES string of the molecule is Cn1cc(C(CC(c2ccc(S(C)(=O)=O)cc2)c2cc(F)cc(F)c2)N=O)ccc1=O. The van der Waals surface area contributed by atoms with Crippen LogP contribution in [-0.4, -0.2) is 19.2 Å². The van der Waals surface area contributed by atoms with Gasteiger partial charge in [-0.1, -0.05) is 17.3 Å². The van der Waals surface area contributed by atoms with Gasteiger partial charge in [-0.2, -0.15) is 4.91 Å². The third kappa shape index (κ3) is 5.29. The fourth-order valence-corrected chi connectivity index (χ4v) is 4.09. The molecular formula is C22H20F2N2O4S. The van der Waals surface area contributed by atoms with E-state index in [9.17, 15) is 26.9 Å². The first-order valence-corrected chi connectivity index (χ1v) is 11.2. The van der Waals surface area contributed by atoms with Gasteiger partial charge in [-0.15, -0.1) is 0 Å². The summed E-state index contributed by atoms with van der Waals surface area (Å²) >= 11 is 0. The molecule has 0 spiro atoms. The van der Waals surface area contributed by atoms with Crippen LogP contribution in [0.4, 0.5) is 8.78 Å². The van der Waals surface area contributed by atoms with Gasteiger partial charge in [0.2, 0.25) is 5.56 Å². The zero-order chi connectivity index (χ0) is 22.8. The van der Waals surface area contributed by atoms with Gasteiger partial charge in [0.25, 0.3) is 0 Å². The lowest BCUT2D eigenvalue weighted by molar-refractivity contribution is 0.558. The van der Waals surface area contributed by atoms with Gasteiger partial charge in [-0.25, -0.2) is 17.2 Å². The number of rotatable bonds is 7. The van der Waals surface area contributed by atoms with E-state index in [4.69, 9.17) is 0 Å². The maximum absolute atomic E-state index is 13.9. The molecule has 0 radical (unpaired) electrons. The summed E-state index contributed by atoms with van der Waals surface area (Å²) in [5, 5.41) is 3.17. The van der Waals surface area contributed by atoms with Crippen LogP contribution in [0.2, 0.25) is 0 Å². The van der Waals surface area contributed by atoms with Crippen LogP contribution in [0.1, 0.15) is 35.1 Å². The Kier molecular flexibility index (Phi) is 6.45. The molecule has 9 heteroatoms. The largest absolute Gasteiger partial charge is 0.318 e. The van der Waals surface area contributed by atoms with Crippen LogP contribution in [0, 0.1) is 16.5 Å². The number of pyridine rings is 1. The maximum Gasteiger partial charge on any atom is 0.250 e. The number of benzene rings is 2. The van der Waals surface area contributed by atoms with E-state index in [1.165, 1.54) is 54.2 Å². The van der Waals surface area contributed by atoms with Crippen molar-refractivity contribution in [3.63, 3.8) is 0 Å². The monoisotopic (exact) mass is 446 g/mol. The molecule has 0 aliphatic rings. The highest BCUT2D eigenvalue weighted by Gasteiger charge is 2.24. The van der Waals surface area contributed by atoms with Crippen LogP contribution in [-0.2, 0) is 16.9 Å². The summed E-state index contributed by atoms with van der Waals surface area (Å²) < 4.78 is 52.7. The number of nitroso groups, excluding NO2 is 1. The summed E-state index contributed by atoms with van der Waals surface area (Å²) in [6.45, 7) is 0. The Hall–Kier alpha value is -3.20. The van der Waals surface area contributed by atoms with Gasteiger partial charge in [0.1, 0.15) is 17.7 Å². The van der Waals surface area contributed by atoms with Crippen molar-refractivity contribution in [2.45, 2.75) is 23.3 Å². The van der Waals surface area contributed by atoms with E-state index < -0.39 is 33.4 Å². The fraction of sp³-hybridized carbons (Fsp3) is 0.227. The Labute approximate surface area is 178 Å². The van der Waals surface area contributed by atoms with Gasteiger partial charge in [0.15, 0.2) is 9.84 Å². The van der Waals surface area contributed by atoms with Crippen LogP contribution in [0.3, 0.4) is 0 Å². The number of sulfone groups is 1. The summed E-state index contributed by atoms with van der Waals surface area (Å²) in [5.41, 5.74) is 1.07. The molecule has 162 valence electrons. The van der Waals surface area contributed by atoms with Crippen molar-refractivity contribution in [1.82, 2.24) is 4.57 Å². The number of halogens is 2. The normalized spacial score (nSPS) is 13.5. The zero-order valence-electron chi connectivity index (χ0n) is 16.8. The minimum Gasteiger partial charge on any atom is -0.318 e. The first kappa shape index (κ1) is 22.5. The van der Waals surface area contributed by atoms with Gasteiger partial charge < -0.3 is 4.57 Å². The van der Waals surface area contributed by atoms with E-state index in [1.54, 1.807) is 12.1 Å². The molecule has 3 aromatic rings. The lowest BCUT2D eigenvalue weighted by Gasteiger charge is -2.22. The topological polar surface area (TPSA) is 85.6 Å². The van der Waals surface area contributed by atoms with E-state index in [-0.39, 0.29) is 22.4 Å². The predicted octanol–water partition coefficient (Wildman–Crippen LogP) is 4.10. The molecule has 0 aliphatic heterocycles.